The quantitative estimate of drug-likeness (QED) is 0.814. The molecule has 1 aliphatic rings. The molecule has 16 heavy (non-hydrogen) atoms. The molecule has 0 saturated carbocycles. The molecule has 0 fully saturated rings. The number of benzene rings is 1. The minimum atomic E-state index is 0.489. The molecular formula is C13H19NOS. The summed E-state index contributed by atoms with van der Waals surface area (Å²) in [6, 6.07) is 9.19. The lowest BCUT2D eigenvalue weighted by molar-refractivity contribution is 0.195. The number of nitrogens with one attached hydrogen (secondary N) is 1. The van der Waals surface area contributed by atoms with Crippen LogP contribution in [0.15, 0.2) is 29.2 Å². The average molecular weight is 237 g/mol. The van der Waals surface area contributed by atoms with E-state index < -0.39 is 0 Å². The number of rotatable bonds is 4. The van der Waals surface area contributed by atoms with Crippen LogP contribution in [0.4, 0.5) is 0 Å². The minimum Gasteiger partial charge on any atom is -0.383 e. The number of hydrogen-bond donors (Lipinski definition) is 1. The van der Waals surface area contributed by atoms with Crippen LogP contribution >= 0.6 is 11.8 Å². The van der Waals surface area contributed by atoms with Crippen molar-refractivity contribution in [2.45, 2.75) is 29.5 Å². The molecule has 0 aromatic heterocycles. The van der Waals surface area contributed by atoms with Crippen molar-refractivity contribution >= 4 is 11.8 Å². The maximum atomic E-state index is 5.08. The van der Waals surface area contributed by atoms with Gasteiger partial charge in [-0.3, -0.25) is 0 Å². The van der Waals surface area contributed by atoms with Crippen LogP contribution in [0.25, 0.3) is 0 Å². The molecule has 3 heteroatoms. The van der Waals surface area contributed by atoms with Crippen LogP contribution < -0.4 is 5.32 Å². The van der Waals surface area contributed by atoms with Crippen LogP contribution in [0.5, 0.6) is 0 Å². The summed E-state index contributed by atoms with van der Waals surface area (Å²) in [6.07, 6.45) is 1.20. The summed E-state index contributed by atoms with van der Waals surface area (Å²) in [5, 5.41) is 4.26. The number of methoxy groups -OCH3 is 1. The lowest BCUT2D eigenvalue weighted by Gasteiger charge is -2.29. The third-order valence-corrected chi connectivity index (χ3v) is 4.11. The predicted molar refractivity (Wildman–Crippen MR) is 69.0 cm³/mol. The average Bonchev–Trinajstić information content (AvgIpc) is 2.29. The fourth-order valence-corrected chi connectivity index (χ4v) is 3.35. The second kappa shape index (κ2) is 5.71. The molecule has 1 N–H and O–H groups in total. The Labute approximate surface area is 102 Å². The lowest BCUT2D eigenvalue weighted by atomic mass is 10.0. The molecule has 0 aliphatic carbocycles. The van der Waals surface area contributed by atoms with Crippen molar-refractivity contribution in [3.63, 3.8) is 0 Å². The van der Waals surface area contributed by atoms with Gasteiger partial charge in [-0.1, -0.05) is 25.1 Å². The van der Waals surface area contributed by atoms with Gasteiger partial charge in [-0.2, -0.15) is 0 Å². The number of ether oxygens (including phenoxy) is 1. The smallest absolute Gasteiger partial charge is 0.0587 e. The van der Waals surface area contributed by atoms with E-state index in [2.05, 4.69) is 36.5 Å². The normalized spacial score (nSPS) is 24.1. The fraction of sp³-hybridized carbons (Fsp3) is 0.538. The van der Waals surface area contributed by atoms with Crippen molar-refractivity contribution in [3.05, 3.63) is 29.8 Å². The molecule has 0 radical (unpaired) electrons. The molecular weight excluding hydrogens is 218 g/mol. The first-order valence-electron chi connectivity index (χ1n) is 5.79. The van der Waals surface area contributed by atoms with Crippen molar-refractivity contribution in [2.75, 3.05) is 20.3 Å². The van der Waals surface area contributed by atoms with E-state index in [0.29, 0.717) is 11.3 Å². The molecule has 2 rings (SSSR count). The molecule has 1 heterocycles. The van der Waals surface area contributed by atoms with Gasteiger partial charge in [0.1, 0.15) is 0 Å². The molecule has 1 aromatic rings. The van der Waals surface area contributed by atoms with Gasteiger partial charge in [0, 0.05) is 29.8 Å². The van der Waals surface area contributed by atoms with E-state index in [0.717, 1.165) is 13.2 Å². The van der Waals surface area contributed by atoms with Crippen LogP contribution in [0.1, 0.15) is 24.9 Å². The first-order valence-corrected chi connectivity index (χ1v) is 6.67. The summed E-state index contributed by atoms with van der Waals surface area (Å²) in [6.45, 7) is 4.00. The molecule has 2 unspecified atom stereocenters. The van der Waals surface area contributed by atoms with Crippen molar-refractivity contribution in [3.8, 4) is 0 Å². The molecule has 1 aromatic carbocycles. The zero-order valence-corrected chi connectivity index (χ0v) is 10.7. The van der Waals surface area contributed by atoms with Crippen LogP contribution in [-0.4, -0.2) is 25.5 Å². The van der Waals surface area contributed by atoms with Gasteiger partial charge in [0.2, 0.25) is 0 Å². The maximum Gasteiger partial charge on any atom is 0.0587 e. The van der Waals surface area contributed by atoms with Crippen LogP contribution in [-0.2, 0) is 4.74 Å². The Morgan fingerprint density at radius 1 is 1.44 bits per heavy atom. The van der Waals surface area contributed by atoms with E-state index in [1.54, 1.807) is 7.11 Å². The van der Waals surface area contributed by atoms with Crippen molar-refractivity contribution in [1.82, 2.24) is 5.32 Å². The summed E-state index contributed by atoms with van der Waals surface area (Å²) in [5.41, 5.74) is 1.45. The highest BCUT2D eigenvalue weighted by Crippen LogP contribution is 2.40. The second-order valence-corrected chi connectivity index (χ2v) is 5.68. The van der Waals surface area contributed by atoms with E-state index in [4.69, 9.17) is 4.74 Å². The molecule has 0 bridgehead atoms. The van der Waals surface area contributed by atoms with Gasteiger partial charge in [0.05, 0.1) is 6.61 Å². The molecule has 2 nitrogen and oxygen atoms in total. The van der Waals surface area contributed by atoms with Gasteiger partial charge in [-0.15, -0.1) is 11.8 Å². The highest BCUT2D eigenvalue weighted by molar-refractivity contribution is 8.00. The van der Waals surface area contributed by atoms with Gasteiger partial charge in [0.15, 0.2) is 0 Å². The van der Waals surface area contributed by atoms with E-state index in [9.17, 15) is 0 Å². The van der Waals surface area contributed by atoms with Crippen molar-refractivity contribution in [2.24, 2.45) is 0 Å². The minimum absolute atomic E-state index is 0.489. The predicted octanol–water partition coefficient (Wildman–Crippen LogP) is 2.85. The van der Waals surface area contributed by atoms with E-state index in [-0.39, 0.29) is 0 Å². The number of thioether (sulfide) groups is 1. The zero-order valence-electron chi connectivity index (χ0n) is 9.90. The zero-order chi connectivity index (χ0) is 11.4. The summed E-state index contributed by atoms with van der Waals surface area (Å²) in [5.74, 6) is 0. The van der Waals surface area contributed by atoms with Gasteiger partial charge in [-0.05, 0) is 18.1 Å². The summed E-state index contributed by atoms with van der Waals surface area (Å²) >= 11 is 1.98. The topological polar surface area (TPSA) is 21.3 Å². The monoisotopic (exact) mass is 237 g/mol. The first kappa shape index (κ1) is 12.0. The van der Waals surface area contributed by atoms with Crippen molar-refractivity contribution < 1.29 is 4.74 Å². The molecule has 0 amide bonds. The number of fused-ring (bicyclic) bond motifs is 1. The standard InChI is InChI=1S/C13H19NOS/c1-10-9-12(14-7-8-15-2)11-5-3-4-6-13(11)16-10/h3-6,10,12,14H,7-9H2,1-2H3. The van der Waals surface area contributed by atoms with Crippen LogP contribution in [0.2, 0.25) is 0 Å². The van der Waals surface area contributed by atoms with Crippen LogP contribution in [0, 0.1) is 0 Å². The van der Waals surface area contributed by atoms with E-state index in [1.807, 2.05) is 11.8 Å². The third kappa shape index (κ3) is 2.78. The third-order valence-electron chi connectivity index (χ3n) is 2.89. The lowest BCUT2D eigenvalue weighted by Crippen LogP contribution is -2.29. The van der Waals surface area contributed by atoms with E-state index >= 15 is 0 Å². The van der Waals surface area contributed by atoms with Gasteiger partial charge >= 0.3 is 0 Å². The van der Waals surface area contributed by atoms with Gasteiger partial charge in [0.25, 0.3) is 0 Å². The summed E-state index contributed by atoms with van der Waals surface area (Å²) < 4.78 is 5.08. The Bertz CT molecular complexity index is 342. The van der Waals surface area contributed by atoms with Gasteiger partial charge in [-0.25, -0.2) is 0 Å². The molecule has 0 saturated heterocycles. The largest absolute Gasteiger partial charge is 0.383 e. The Hall–Kier alpha value is -0.510. The summed E-state index contributed by atoms with van der Waals surface area (Å²) in [7, 11) is 1.75. The molecule has 0 spiro atoms. The molecule has 2 atom stereocenters. The van der Waals surface area contributed by atoms with Gasteiger partial charge < -0.3 is 10.1 Å². The van der Waals surface area contributed by atoms with E-state index in [1.165, 1.54) is 16.9 Å². The summed E-state index contributed by atoms with van der Waals surface area (Å²) in [4.78, 5) is 1.43. The Balaban J connectivity index is 2.07. The van der Waals surface area contributed by atoms with Crippen molar-refractivity contribution in [1.29, 1.82) is 0 Å². The fourth-order valence-electron chi connectivity index (χ4n) is 2.13. The molecule has 1 aliphatic heterocycles. The Kier molecular flexibility index (Phi) is 4.27. The highest BCUT2D eigenvalue weighted by Gasteiger charge is 2.23. The highest BCUT2D eigenvalue weighted by atomic mass is 32.2. The Morgan fingerprint density at radius 3 is 3.06 bits per heavy atom. The first-order chi connectivity index (χ1) is 7.81. The second-order valence-electron chi connectivity index (χ2n) is 4.20. The molecule has 88 valence electrons. The van der Waals surface area contributed by atoms with Crippen LogP contribution in [0.3, 0.4) is 0 Å². The number of hydrogen-bond acceptors (Lipinski definition) is 3. The SMILES string of the molecule is COCCNC1CC(C)Sc2ccccc21. The Morgan fingerprint density at radius 2 is 2.25 bits per heavy atom. The maximum absolute atomic E-state index is 5.08.